The summed E-state index contributed by atoms with van der Waals surface area (Å²) >= 11 is 0. The molecule has 3 unspecified atom stereocenters. The number of rotatable bonds is 9. The summed E-state index contributed by atoms with van der Waals surface area (Å²) in [7, 11) is 3.20. The maximum Gasteiger partial charge on any atom is 0.147 e. The van der Waals surface area contributed by atoms with Crippen molar-refractivity contribution in [1.29, 1.82) is 0 Å². The fourth-order valence-corrected chi connectivity index (χ4v) is 2.49. The molecule has 0 saturated heterocycles. The Labute approximate surface area is 131 Å². The summed E-state index contributed by atoms with van der Waals surface area (Å²) in [4.78, 5) is 0. The van der Waals surface area contributed by atoms with Crippen molar-refractivity contribution in [3.05, 3.63) is 47.5 Å². The van der Waals surface area contributed by atoms with Gasteiger partial charge >= 0.3 is 0 Å². The van der Waals surface area contributed by atoms with Crippen LogP contribution in [0.1, 0.15) is 12.5 Å². The summed E-state index contributed by atoms with van der Waals surface area (Å²) in [5.74, 6) is 0. The van der Waals surface area contributed by atoms with Crippen LogP contribution in [-0.4, -0.2) is 46.1 Å². The van der Waals surface area contributed by atoms with Crippen molar-refractivity contribution < 1.29 is 23.7 Å². The van der Waals surface area contributed by atoms with E-state index in [1.807, 2.05) is 43.3 Å². The second-order valence-electron chi connectivity index (χ2n) is 5.20. The Morgan fingerprint density at radius 1 is 0.909 bits per heavy atom. The van der Waals surface area contributed by atoms with Crippen molar-refractivity contribution in [1.82, 2.24) is 0 Å². The minimum absolute atomic E-state index is 0.169. The van der Waals surface area contributed by atoms with Gasteiger partial charge in [0.05, 0.1) is 6.61 Å². The lowest BCUT2D eigenvalue weighted by Crippen LogP contribution is -2.38. The van der Waals surface area contributed by atoms with E-state index in [4.69, 9.17) is 23.7 Å². The number of methoxy groups -OCH3 is 2. The van der Waals surface area contributed by atoms with Crippen molar-refractivity contribution >= 4 is 0 Å². The van der Waals surface area contributed by atoms with Gasteiger partial charge in [-0.1, -0.05) is 36.4 Å². The molecule has 0 aliphatic heterocycles. The molecule has 1 aromatic carbocycles. The third-order valence-corrected chi connectivity index (χ3v) is 3.53. The molecule has 0 radical (unpaired) electrons. The van der Waals surface area contributed by atoms with Gasteiger partial charge in [0.1, 0.15) is 31.9 Å². The molecule has 0 N–H and O–H groups in total. The third-order valence-electron chi connectivity index (χ3n) is 3.53. The largest absolute Gasteiger partial charge is 0.367 e. The molecule has 0 bridgehead atoms. The van der Waals surface area contributed by atoms with Gasteiger partial charge in [0.25, 0.3) is 0 Å². The van der Waals surface area contributed by atoms with Crippen molar-refractivity contribution in [2.24, 2.45) is 0 Å². The molecule has 5 heteroatoms. The highest BCUT2D eigenvalue weighted by molar-refractivity contribution is 5.21. The lowest BCUT2D eigenvalue weighted by molar-refractivity contribution is -0.169. The van der Waals surface area contributed by atoms with Gasteiger partial charge in [-0.2, -0.15) is 0 Å². The number of hydrogen-bond donors (Lipinski definition) is 0. The van der Waals surface area contributed by atoms with E-state index in [9.17, 15) is 0 Å². The van der Waals surface area contributed by atoms with Crippen molar-refractivity contribution in [3.8, 4) is 0 Å². The Hall–Kier alpha value is -1.24. The molecule has 0 amide bonds. The first-order valence-electron chi connectivity index (χ1n) is 7.31. The van der Waals surface area contributed by atoms with Gasteiger partial charge < -0.3 is 23.7 Å². The van der Waals surface area contributed by atoms with Gasteiger partial charge in [-0.3, -0.25) is 0 Å². The molecule has 0 spiro atoms. The van der Waals surface area contributed by atoms with Crippen LogP contribution in [0.4, 0.5) is 0 Å². The van der Waals surface area contributed by atoms with Gasteiger partial charge in [-0.15, -0.1) is 0 Å². The van der Waals surface area contributed by atoms with Crippen LogP contribution in [0.25, 0.3) is 0 Å². The maximum atomic E-state index is 6.00. The molecule has 1 aromatic rings. The zero-order chi connectivity index (χ0) is 15.8. The number of benzene rings is 1. The molecular weight excluding hydrogens is 284 g/mol. The van der Waals surface area contributed by atoms with E-state index in [1.165, 1.54) is 0 Å². The first-order chi connectivity index (χ1) is 10.8. The lowest BCUT2D eigenvalue weighted by Gasteiger charge is -2.26. The standard InChI is InChI=1S/C17H24O5/c1-13-9-15(20-10-14-7-5-4-6-8-14)17(22-12-19-3)16(13)21-11-18-2/h4-9,15-17H,10-12H2,1-3H3. The summed E-state index contributed by atoms with van der Waals surface area (Å²) < 4.78 is 27.5. The summed E-state index contributed by atoms with van der Waals surface area (Å²) in [5.41, 5.74) is 2.21. The normalized spacial score (nSPS) is 24.5. The Bertz CT molecular complexity index is 459. The van der Waals surface area contributed by atoms with E-state index >= 15 is 0 Å². The molecular formula is C17H24O5. The van der Waals surface area contributed by atoms with Gasteiger partial charge in [-0.05, 0) is 18.1 Å². The molecule has 0 aromatic heterocycles. The van der Waals surface area contributed by atoms with Crippen molar-refractivity contribution in [2.75, 3.05) is 27.8 Å². The van der Waals surface area contributed by atoms with E-state index in [2.05, 4.69) is 0 Å². The fourth-order valence-electron chi connectivity index (χ4n) is 2.49. The monoisotopic (exact) mass is 308 g/mol. The van der Waals surface area contributed by atoms with Crippen LogP contribution >= 0.6 is 0 Å². The van der Waals surface area contributed by atoms with Crippen molar-refractivity contribution in [2.45, 2.75) is 31.8 Å². The molecule has 122 valence electrons. The van der Waals surface area contributed by atoms with Crippen LogP contribution in [0.3, 0.4) is 0 Å². The van der Waals surface area contributed by atoms with Crippen molar-refractivity contribution in [3.63, 3.8) is 0 Å². The predicted molar refractivity (Wildman–Crippen MR) is 82.3 cm³/mol. The first-order valence-corrected chi connectivity index (χ1v) is 7.31. The average Bonchev–Trinajstić information content (AvgIpc) is 2.85. The molecule has 1 aliphatic carbocycles. The molecule has 3 atom stereocenters. The zero-order valence-corrected chi connectivity index (χ0v) is 13.4. The number of ether oxygens (including phenoxy) is 5. The van der Waals surface area contributed by atoms with E-state index < -0.39 is 0 Å². The number of hydrogen-bond acceptors (Lipinski definition) is 5. The molecule has 0 heterocycles. The zero-order valence-electron chi connectivity index (χ0n) is 13.4. The Kier molecular flexibility index (Phi) is 7.02. The van der Waals surface area contributed by atoms with Crippen LogP contribution in [0.15, 0.2) is 42.0 Å². The predicted octanol–water partition coefficient (Wildman–Crippen LogP) is 2.51. The van der Waals surface area contributed by atoms with Crippen LogP contribution in [0.2, 0.25) is 0 Å². The third kappa shape index (κ3) is 4.63. The van der Waals surface area contributed by atoms with Crippen LogP contribution in [0, 0.1) is 0 Å². The Morgan fingerprint density at radius 2 is 1.59 bits per heavy atom. The molecule has 5 nitrogen and oxygen atoms in total. The lowest BCUT2D eigenvalue weighted by atomic mass is 10.1. The van der Waals surface area contributed by atoms with Gasteiger partial charge in [0.2, 0.25) is 0 Å². The highest BCUT2D eigenvalue weighted by Crippen LogP contribution is 2.28. The summed E-state index contributed by atoms with van der Waals surface area (Å²) in [5, 5.41) is 0. The summed E-state index contributed by atoms with van der Waals surface area (Å²) in [6, 6.07) is 10.1. The second kappa shape index (κ2) is 9.02. The minimum Gasteiger partial charge on any atom is -0.367 e. The van der Waals surface area contributed by atoms with Gasteiger partial charge in [-0.25, -0.2) is 0 Å². The van der Waals surface area contributed by atoms with E-state index in [1.54, 1.807) is 14.2 Å². The van der Waals surface area contributed by atoms with Gasteiger partial charge in [0, 0.05) is 14.2 Å². The van der Waals surface area contributed by atoms with E-state index in [0.717, 1.165) is 11.1 Å². The average molecular weight is 308 g/mol. The molecule has 1 aliphatic rings. The smallest absolute Gasteiger partial charge is 0.147 e. The van der Waals surface area contributed by atoms with Gasteiger partial charge in [0.15, 0.2) is 0 Å². The molecule has 0 saturated carbocycles. The quantitative estimate of drug-likeness (QED) is 0.518. The van der Waals surface area contributed by atoms with Crippen LogP contribution in [-0.2, 0) is 30.3 Å². The minimum atomic E-state index is -0.237. The Balaban J connectivity index is 1.97. The van der Waals surface area contributed by atoms with E-state index in [-0.39, 0.29) is 31.9 Å². The second-order valence-corrected chi connectivity index (χ2v) is 5.20. The highest BCUT2D eigenvalue weighted by Gasteiger charge is 2.38. The fraction of sp³-hybridized carbons (Fsp3) is 0.529. The SMILES string of the molecule is COCOC1C(C)=CC(OCc2ccccc2)C1OCOC. The molecule has 22 heavy (non-hydrogen) atoms. The summed E-state index contributed by atoms with van der Waals surface area (Å²) in [6.45, 7) is 2.95. The molecule has 0 fully saturated rings. The van der Waals surface area contributed by atoms with E-state index in [0.29, 0.717) is 6.61 Å². The first kappa shape index (κ1) is 17.1. The highest BCUT2D eigenvalue weighted by atomic mass is 16.7. The molecule has 2 rings (SSSR count). The summed E-state index contributed by atoms with van der Waals surface area (Å²) in [6.07, 6.45) is 1.45. The van der Waals surface area contributed by atoms with Crippen LogP contribution < -0.4 is 0 Å². The maximum absolute atomic E-state index is 6.00. The topological polar surface area (TPSA) is 46.2 Å². The Morgan fingerprint density at radius 3 is 2.27 bits per heavy atom. The van der Waals surface area contributed by atoms with Crippen LogP contribution in [0.5, 0.6) is 0 Å².